The van der Waals surface area contributed by atoms with Crippen LogP contribution in [-0.4, -0.2) is 172 Å². The van der Waals surface area contributed by atoms with E-state index in [1.54, 1.807) is 0 Å². The number of fused-ring (bicyclic) bond motifs is 1. The summed E-state index contributed by atoms with van der Waals surface area (Å²) in [6.07, 6.45) is -26.0. The standard InChI is InChI=1S/C33H40O21/c1-9-19(39)23(43)26(46)31(48-9)49-11-5-14(38)18-15(6-11)50-28(10-2-3-12(36)13(37)4-10)29(22(18)42)53-33-30(25(45)21(41)17(8-35)52-33)54-32-27(47)24(44)20(40)16(7-34)51-32/h2-6,9,16-17,19-21,23-27,30-41,43-47H,7-8H2,1H3/t9?,16?,17?,19-,20+,21+,23-,24?,25?,26?,27+,30?,31-,32-,33-/m0/s1. The molecule has 3 aliphatic heterocycles. The van der Waals surface area contributed by atoms with Crippen molar-refractivity contribution >= 4 is 11.0 Å². The molecule has 6 rings (SSSR count). The van der Waals surface area contributed by atoms with Gasteiger partial charge in [-0.15, -0.1) is 0 Å². The number of aliphatic hydroxyl groups excluding tert-OH is 10. The highest BCUT2D eigenvalue weighted by atomic mass is 16.8. The van der Waals surface area contributed by atoms with E-state index in [4.69, 9.17) is 32.8 Å². The maximum Gasteiger partial charge on any atom is 0.239 e. The normalized spacial score (nSPS) is 37.3. The molecular weight excluding hydrogens is 732 g/mol. The van der Waals surface area contributed by atoms with E-state index in [-0.39, 0.29) is 11.3 Å². The summed E-state index contributed by atoms with van der Waals surface area (Å²) < 4.78 is 39.7. The Morgan fingerprint density at radius 3 is 1.89 bits per heavy atom. The second-order valence-electron chi connectivity index (χ2n) is 13.0. The number of phenols is 3. The minimum absolute atomic E-state index is 0.136. The van der Waals surface area contributed by atoms with Crippen LogP contribution in [0.15, 0.2) is 39.5 Å². The molecule has 0 radical (unpaired) electrons. The SMILES string of the molecule is CC1O[C@@H](Oc2cc(O)c3c(=O)c(O[C@@H]4OC(CO)[C@@H](O)C(O)C4O[C@@H]4OC(CO)[C@@H](O)C(O)[C@H]4O)c(-c4ccc(O)c(O)c4)oc3c2)C(O)[C@@H](O)[C@H]1O. The Balaban J connectivity index is 1.43. The van der Waals surface area contributed by atoms with E-state index in [0.29, 0.717) is 0 Å². The van der Waals surface area contributed by atoms with Crippen LogP contribution in [0.2, 0.25) is 0 Å². The number of benzene rings is 2. The lowest BCUT2D eigenvalue weighted by atomic mass is 9.97. The topological polar surface area (TPSA) is 349 Å². The second-order valence-corrected chi connectivity index (χ2v) is 13.0. The fourth-order valence-electron chi connectivity index (χ4n) is 6.28. The molecule has 298 valence electrons. The fourth-order valence-corrected chi connectivity index (χ4v) is 6.28. The number of aliphatic hydroxyl groups is 10. The first kappa shape index (κ1) is 39.8. The van der Waals surface area contributed by atoms with Gasteiger partial charge in [-0.2, -0.15) is 0 Å². The Morgan fingerprint density at radius 2 is 1.24 bits per heavy atom. The van der Waals surface area contributed by atoms with E-state index < -0.39 is 150 Å². The summed E-state index contributed by atoms with van der Waals surface area (Å²) in [6.45, 7) is -0.348. The van der Waals surface area contributed by atoms with Crippen molar-refractivity contribution in [2.45, 2.75) is 99.0 Å². The van der Waals surface area contributed by atoms with Crippen molar-refractivity contribution in [1.82, 2.24) is 0 Å². The van der Waals surface area contributed by atoms with E-state index in [1.807, 2.05) is 0 Å². The van der Waals surface area contributed by atoms with Crippen LogP contribution < -0.4 is 14.9 Å². The lowest BCUT2D eigenvalue weighted by Crippen LogP contribution is -2.65. The second kappa shape index (κ2) is 15.7. The third kappa shape index (κ3) is 7.27. The van der Waals surface area contributed by atoms with Crippen molar-refractivity contribution in [2.75, 3.05) is 13.2 Å². The molecule has 21 nitrogen and oxygen atoms in total. The minimum atomic E-state index is -2.03. The summed E-state index contributed by atoms with van der Waals surface area (Å²) in [5.74, 6) is -3.63. The highest BCUT2D eigenvalue weighted by Crippen LogP contribution is 2.41. The zero-order chi connectivity index (χ0) is 39.3. The number of hydrogen-bond donors (Lipinski definition) is 13. The van der Waals surface area contributed by atoms with Crippen molar-refractivity contribution in [3.05, 3.63) is 40.6 Å². The molecule has 21 heteroatoms. The van der Waals surface area contributed by atoms with Gasteiger partial charge in [0.25, 0.3) is 0 Å². The fraction of sp³-hybridized carbons (Fsp3) is 0.545. The van der Waals surface area contributed by atoms with Gasteiger partial charge in [0.1, 0.15) is 83.5 Å². The van der Waals surface area contributed by atoms with Crippen molar-refractivity contribution in [2.24, 2.45) is 0 Å². The summed E-state index contributed by atoms with van der Waals surface area (Å²) in [6, 6.07) is 5.20. The Morgan fingerprint density at radius 1 is 0.630 bits per heavy atom. The van der Waals surface area contributed by atoms with E-state index in [2.05, 4.69) is 0 Å². The molecule has 0 saturated carbocycles. The van der Waals surface area contributed by atoms with Gasteiger partial charge in [0.15, 0.2) is 29.7 Å². The summed E-state index contributed by atoms with van der Waals surface area (Å²) in [5.41, 5.74) is -1.67. The Bertz CT molecular complexity index is 1850. The van der Waals surface area contributed by atoms with Crippen LogP contribution in [0.1, 0.15) is 6.92 Å². The molecule has 0 amide bonds. The maximum absolute atomic E-state index is 14.2. The molecule has 3 saturated heterocycles. The molecule has 7 unspecified atom stereocenters. The Labute approximate surface area is 303 Å². The van der Waals surface area contributed by atoms with Crippen LogP contribution in [-0.2, 0) is 18.9 Å². The van der Waals surface area contributed by atoms with Crippen LogP contribution in [0.25, 0.3) is 22.3 Å². The van der Waals surface area contributed by atoms with Gasteiger partial charge < -0.3 is 99.2 Å². The monoisotopic (exact) mass is 772 g/mol. The van der Waals surface area contributed by atoms with Crippen LogP contribution in [0.5, 0.6) is 28.7 Å². The van der Waals surface area contributed by atoms with Crippen molar-refractivity contribution < 1.29 is 99.2 Å². The minimum Gasteiger partial charge on any atom is -0.507 e. The van der Waals surface area contributed by atoms with E-state index in [1.165, 1.54) is 13.0 Å². The zero-order valence-electron chi connectivity index (χ0n) is 28.0. The molecular formula is C33H40O21. The molecule has 0 aliphatic carbocycles. The molecule has 0 bridgehead atoms. The average molecular weight is 773 g/mol. The predicted molar refractivity (Wildman–Crippen MR) is 173 cm³/mol. The van der Waals surface area contributed by atoms with E-state index in [9.17, 15) is 71.2 Å². The number of aromatic hydroxyl groups is 3. The van der Waals surface area contributed by atoms with Crippen LogP contribution >= 0.6 is 0 Å². The highest BCUT2D eigenvalue weighted by molar-refractivity contribution is 5.88. The summed E-state index contributed by atoms with van der Waals surface area (Å²) >= 11 is 0. The number of ether oxygens (including phenoxy) is 6. The lowest BCUT2D eigenvalue weighted by molar-refractivity contribution is -0.358. The predicted octanol–water partition coefficient (Wildman–Crippen LogP) is -4.21. The van der Waals surface area contributed by atoms with Gasteiger partial charge in [0, 0.05) is 17.7 Å². The van der Waals surface area contributed by atoms with Crippen molar-refractivity contribution in [3.8, 4) is 40.1 Å². The number of hydrogen-bond acceptors (Lipinski definition) is 21. The Hall–Kier alpha value is -3.91. The van der Waals surface area contributed by atoms with Gasteiger partial charge in [-0.05, 0) is 25.1 Å². The first-order valence-electron chi connectivity index (χ1n) is 16.5. The molecule has 15 atom stereocenters. The number of phenolic OH excluding ortho intramolecular Hbond substituents is 3. The molecule has 1 aromatic heterocycles. The van der Waals surface area contributed by atoms with E-state index in [0.717, 1.165) is 24.3 Å². The van der Waals surface area contributed by atoms with Gasteiger partial charge in [0.2, 0.25) is 23.8 Å². The molecule has 3 fully saturated rings. The van der Waals surface area contributed by atoms with Gasteiger partial charge in [-0.3, -0.25) is 4.79 Å². The first-order chi connectivity index (χ1) is 25.6. The molecule has 4 heterocycles. The lowest BCUT2D eigenvalue weighted by Gasteiger charge is -2.45. The number of rotatable bonds is 9. The molecule has 54 heavy (non-hydrogen) atoms. The molecule has 3 aliphatic rings. The average Bonchev–Trinajstić information content (AvgIpc) is 3.14. The third-order valence-corrected chi connectivity index (χ3v) is 9.40. The first-order valence-corrected chi connectivity index (χ1v) is 16.5. The largest absolute Gasteiger partial charge is 0.507 e. The van der Waals surface area contributed by atoms with Crippen LogP contribution in [0, 0.1) is 0 Å². The molecule has 13 N–H and O–H groups in total. The zero-order valence-corrected chi connectivity index (χ0v) is 28.0. The smallest absolute Gasteiger partial charge is 0.239 e. The quantitative estimate of drug-likeness (QED) is 0.0917. The summed E-state index contributed by atoms with van der Waals surface area (Å²) in [5, 5.41) is 134. The highest BCUT2D eigenvalue weighted by Gasteiger charge is 2.52. The molecule has 0 spiro atoms. The van der Waals surface area contributed by atoms with Gasteiger partial charge in [0.05, 0.1) is 19.3 Å². The summed E-state index contributed by atoms with van der Waals surface area (Å²) in [7, 11) is 0. The summed E-state index contributed by atoms with van der Waals surface area (Å²) in [4.78, 5) is 14.2. The molecule has 2 aromatic carbocycles. The van der Waals surface area contributed by atoms with Crippen molar-refractivity contribution in [3.63, 3.8) is 0 Å². The van der Waals surface area contributed by atoms with Gasteiger partial charge in [-0.25, -0.2) is 0 Å². The van der Waals surface area contributed by atoms with E-state index >= 15 is 0 Å². The molecule has 3 aromatic rings. The Kier molecular flexibility index (Phi) is 11.5. The van der Waals surface area contributed by atoms with Gasteiger partial charge in [-0.1, -0.05) is 0 Å². The third-order valence-electron chi connectivity index (χ3n) is 9.40. The van der Waals surface area contributed by atoms with Crippen molar-refractivity contribution in [1.29, 1.82) is 0 Å². The van der Waals surface area contributed by atoms with Crippen LogP contribution in [0.3, 0.4) is 0 Å². The van der Waals surface area contributed by atoms with Gasteiger partial charge >= 0.3 is 0 Å². The van der Waals surface area contributed by atoms with Crippen LogP contribution in [0.4, 0.5) is 0 Å². The maximum atomic E-state index is 14.2.